The van der Waals surface area contributed by atoms with E-state index in [9.17, 15) is 15.2 Å². The number of benzene rings is 1. The molecule has 3 N–H and O–H groups in total. The van der Waals surface area contributed by atoms with Crippen LogP contribution in [0, 0.1) is 17.2 Å². The van der Waals surface area contributed by atoms with Crippen molar-refractivity contribution >= 4 is 34.1 Å². The van der Waals surface area contributed by atoms with Gasteiger partial charge in [-0.15, -0.1) is 0 Å². The zero-order chi connectivity index (χ0) is 20.6. The summed E-state index contributed by atoms with van der Waals surface area (Å²) in [5.74, 6) is -4.80. The van der Waals surface area contributed by atoms with Crippen molar-refractivity contribution in [1.82, 2.24) is 4.98 Å². The minimum absolute atomic E-state index is 0.103. The summed E-state index contributed by atoms with van der Waals surface area (Å²) in [6.07, 6.45) is 5.25. The van der Waals surface area contributed by atoms with E-state index in [2.05, 4.69) is 4.98 Å². The maximum atomic E-state index is 13.0. The van der Waals surface area contributed by atoms with Gasteiger partial charge in [-0.3, -0.25) is 0 Å². The molecule has 150 valence electrons. The Hall–Kier alpha value is -3.05. The molecule has 1 aliphatic heterocycles. The number of fused-ring (bicyclic) bond motifs is 1. The number of hydrogen-bond acceptors (Lipinski definition) is 6. The van der Waals surface area contributed by atoms with Crippen LogP contribution in [0.3, 0.4) is 0 Å². The van der Waals surface area contributed by atoms with Crippen LogP contribution in [0.25, 0.3) is 10.9 Å². The molecule has 1 fully saturated rings. The van der Waals surface area contributed by atoms with Crippen molar-refractivity contribution in [3.63, 3.8) is 0 Å². The van der Waals surface area contributed by atoms with Gasteiger partial charge in [0.25, 0.3) is 0 Å². The molecular formula is C21H20N3O4S-. The fourth-order valence-corrected chi connectivity index (χ4v) is 4.44. The number of carbonyl (C=O) groups excluding carboxylic acids is 1. The van der Waals surface area contributed by atoms with Gasteiger partial charge in [0.1, 0.15) is 5.92 Å². The molecule has 1 spiro atoms. The smallest absolute Gasteiger partial charge is 0.337 e. The Balaban J connectivity index is 1.85. The van der Waals surface area contributed by atoms with Crippen molar-refractivity contribution in [2.24, 2.45) is 11.7 Å². The lowest BCUT2D eigenvalue weighted by atomic mass is 9.80. The number of nitrogens with zero attached hydrogens (tertiary/aromatic N) is 1. The lowest BCUT2D eigenvalue weighted by Crippen LogP contribution is -2.47. The molecule has 0 radical (unpaired) electrons. The molecule has 8 heteroatoms. The number of carbonyl (C=O) groups is 1. The van der Waals surface area contributed by atoms with Crippen LogP contribution in [0.15, 0.2) is 42.0 Å². The highest BCUT2D eigenvalue weighted by molar-refractivity contribution is 7.80. The summed E-state index contributed by atoms with van der Waals surface area (Å²) in [4.78, 5) is 16.0. The van der Waals surface area contributed by atoms with Crippen molar-refractivity contribution in [1.29, 1.82) is 5.26 Å². The summed E-state index contributed by atoms with van der Waals surface area (Å²) < 4.78 is 11.3. The first-order valence-corrected chi connectivity index (χ1v) is 9.95. The van der Waals surface area contributed by atoms with Crippen molar-refractivity contribution in [2.45, 2.75) is 43.8 Å². The van der Waals surface area contributed by atoms with E-state index in [1.165, 1.54) is 0 Å². The summed E-state index contributed by atoms with van der Waals surface area (Å²) in [6, 6.07) is 9.43. The second-order valence-electron chi connectivity index (χ2n) is 7.44. The van der Waals surface area contributed by atoms with Gasteiger partial charge >= 0.3 is 5.97 Å². The molecule has 0 bridgehead atoms. The molecule has 0 saturated heterocycles. The summed E-state index contributed by atoms with van der Waals surface area (Å²) >= 11 is 5.08. The molecule has 4 rings (SSSR count). The SMILES string of the molecule is N#CC(C(N)=S)C(C1=C([O-])OC2(CCCCC2)OC1=O)c1c[nH]c2ccccc12. The van der Waals surface area contributed by atoms with Crippen molar-refractivity contribution in [3.8, 4) is 6.07 Å². The third kappa shape index (κ3) is 3.32. The number of H-pyrrole nitrogens is 1. The third-order valence-electron chi connectivity index (χ3n) is 5.66. The summed E-state index contributed by atoms with van der Waals surface area (Å²) in [6.45, 7) is 0. The molecule has 2 heterocycles. The van der Waals surface area contributed by atoms with Crippen LogP contribution in [0.5, 0.6) is 0 Å². The molecule has 2 atom stereocenters. The highest BCUT2D eigenvalue weighted by Crippen LogP contribution is 2.44. The van der Waals surface area contributed by atoms with E-state index in [1.807, 2.05) is 30.3 Å². The van der Waals surface area contributed by atoms with Gasteiger partial charge in [-0.05, 0) is 37.3 Å². The van der Waals surface area contributed by atoms with Gasteiger partial charge in [0.15, 0.2) is 5.79 Å². The highest BCUT2D eigenvalue weighted by Gasteiger charge is 2.43. The summed E-state index contributed by atoms with van der Waals surface area (Å²) in [5, 5.41) is 23.5. The van der Waals surface area contributed by atoms with E-state index in [0.717, 1.165) is 30.2 Å². The largest absolute Gasteiger partial charge is 0.574 e. The van der Waals surface area contributed by atoms with Crippen LogP contribution in [0.2, 0.25) is 0 Å². The number of thiocarbonyl (C=S) groups is 1. The van der Waals surface area contributed by atoms with Crippen molar-refractivity contribution in [2.75, 3.05) is 0 Å². The first-order valence-electron chi connectivity index (χ1n) is 9.54. The number of aromatic amines is 1. The van der Waals surface area contributed by atoms with Gasteiger partial charge in [0, 0.05) is 23.0 Å². The molecule has 0 amide bonds. The van der Waals surface area contributed by atoms with Crippen molar-refractivity contribution < 1.29 is 19.4 Å². The molecule has 2 aliphatic rings. The van der Waals surface area contributed by atoms with Gasteiger partial charge in [-0.2, -0.15) is 5.26 Å². The first kappa shape index (κ1) is 19.3. The van der Waals surface area contributed by atoms with Crippen LogP contribution >= 0.6 is 12.2 Å². The Morgan fingerprint density at radius 3 is 2.66 bits per heavy atom. The molecule has 29 heavy (non-hydrogen) atoms. The number of para-hydroxylation sites is 1. The normalized spacial score (nSPS) is 20.6. The minimum atomic E-state index is -1.20. The lowest BCUT2D eigenvalue weighted by Gasteiger charge is -2.47. The van der Waals surface area contributed by atoms with E-state index in [1.54, 1.807) is 6.20 Å². The number of esters is 1. The van der Waals surface area contributed by atoms with Gasteiger partial charge in [0.2, 0.25) is 0 Å². The topological polar surface area (TPSA) is 124 Å². The predicted octanol–water partition coefficient (Wildman–Crippen LogP) is 2.48. The minimum Gasteiger partial charge on any atom is -0.574 e. The predicted molar refractivity (Wildman–Crippen MR) is 107 cm³/mol. The molecule has 2 unspecified atom stereocenters. The molecule has 1 aromatic heterocycles. The fourth-order valence-electron chi connectivity index (χ4n) is 4.26. The van der Waals surface area contributed by atoms with E-state index in [0.29, 0.717) is 18.4 Å². The second-order valence-corrected chi connectivity index (χ2v) is 7.91. The monoisotopic (exact) mass is 410 g/mol. The van der Waals surface area contributed by atoms with Gasteiger partial charge in [-0.25, -0.2) is 4.79 Å². The van der Waals surface area contributed by atoms with Crippen molar-refractivity contribution in [3.05, 3.63) is 47.5 Å². The van der Waals surface area contributed by atoms with Crippen LogP contribution in [-0.4, -0.2) is 21.7 Å². The number of rotatable bonds is 4. The van der Waals surface area contributed by atoms with Crippen LogP contribution in [0.4, 0.5) is 0 Å². The Labute approximate surface area is 173 Å². The quantitative estimate of drug-likeness (QED) is 0.586. The maximum absolute atomic E-state index is 13.0. The first-order chi connectivity index (χ1) is 14.0. The number of nitriles is 1. The van der Waals surface area contributed by atoms with E-state index in [4.69, 9.17) is 27.4 Å². The molecule has 1 aliphatic carbocycles. The van der Waals surface area contributed by atoms with E-state index < -0.39 is 29.5 Å². The maximum Gasteiger partial charge on any atom is 0.337 e. The lowest BCUT2D eigenvalue weighted by molar-refractivity contribution is -0.402. The van der Waals surface area contributed by atoms with Gasteiger partial charge in [-0.1, -0.05) is 36.8 Å². The summed E-state index contributed by atoms with van der Waals surface area (Å²) in [5.41, 5.74) is 6.94. The Morgan fingerprint density at radius 2 is 2.00 bits per heavy atom. The van der Waals surface area contributed by atoms with E-state index >= 15 is 0 Å². The second kappa shape index (κ2) is 7.41. The molecule has 7 nitrogen and oxygen atoms in total. The number of hydrogen-bond donors (Lipinski definition) is 2. The Bertz CT molecular complexity index is 1050. The molecule has 1 aromatic carbocycles. The zero-order valence-electron chi connectivity index (χ0n) is 15.6. The molecule has 2 aromatic rings. The average molecular weight is 410 g/mol. The molecule has 1 saturated carbocycles. The zero-order valence-corrected chi connectivity index (χ0v) is 16.5. The fraction of sp³-hybridized carbons (Fsp3) is 0.381. The van der Waals surface area contributed by atoms with Crippen LogP contribution in [-0.2, 0) is 14.3 Å². The third-order valence-corrected chi connectivity index (χ3v) is 5.91. The average Bonchev–Trinajstić information content (AvgIpc) is 3.11. The van der Waals surface area contributed by atoms with Crippen LogP contribution in [0.1, 0.15) is 43.6 Å². The van der Waals surface area contributed by atoms with Gasteiger partial charge in [0.05, 0.1) is 22.6 Å². The molecular weight excluding hydrogens is 390 g/mol. The van der Waals surface area contributed by atoms with Gasteiger partial charge < -0.3 is 25.3 Å². The van der Waals surface area contributed by atoms with E-state index in [-0.39, 0.29) is 10.6 Å². The summed E-state index contributed by atoms with van der Waals surface area (Å²) in [7, 11) is 0. The Morgan fingerprint density at radius 1 is 1.28 bits per heavy atom. The Kier molecular flexibility index (Phi) is 4.92. The van der Waals surface area contributed by atoms with Crippen LogP contribution < -0.4 is 10.8 Å². The number of aromatic nitrogens is 1. The standard InChI is InChI=1S/C21H21N3O4S/c22-10-13(18(23)29)16(14-11-24-15-7-3-2-6-12(14)15)17-19(25)27-21(28-20(17)26)8-4-1-5-9-21/h2-3,6-7,11,13,16,24-25H,1,4-5,8-9H2,(H2,23,29)/p-1. The number of nitrogens with two attached hydrogens (primary N) is 1. The highest BCUT2D eigenvalue weighted by atomic mass is 32.1. The number of ether oxygens (including phenoxy) is 2. The number of nitrogens with one attached hydrogen (secondary N) is 1.